The van der Waals surface area contributed by atoms with E-state index in [4.69, 9.17) is 4.74 Å². The monoisotopic (exact) mass is 359 g/mol. The van der Waals surface area contributed by atoms with Crippen LogP contribution >= 0.6 is 0 Å². The van der Waals surface area contributed by atoms with Crippen molar-refractivity contribution in [2.75, 3.05) is 6.61 Å². The molecule has 1 unspecified atom stereocenters. The molecule has 0 fully saturated rings. The smallest absolute Gasteiger partial charge is 0.330 e. The summed E-state index contributed by atoms with van der Waals surface area (Å²) in [6, 6.07) is 2.03. The maximum atomic E-state index is 13.7. The fourth-order valence-corrected chi connectivity index (χ4v) is 3.19. The van der Waals surface area contributed by atoms with Crippen LogP contribution in [0.15, 0.2) is 47.4 Å². The number of nitrogens with zero attached hydrogens (tertiary/aromatic N) is 1. The second kappa shape index (κ2) is 7.64. The number of halogens is 2. The Morgan fingerprint density at radius 2 is 2.04 bits per heavy atom. The van der Waals surface area contributed by atoms with E-state index in [-0.39, 0.29) is 24.5 Å². The number of allylic oxidation sites excluding steroid dienone is 3. The molecular formula is C20H19F2NO3. The van der Waals surface area contributed by atoms with Crippen LogP contribution in [0.25, 0.3) is 10.8 Å². The molecule has 0 saturated carbocycles. The van der Waals surface area contributed by atoms with Gasteiger partial charge in [0, 0.05) is 24.7 Å². The van der Waals surface area contributed by atoms with E-state index in [1.807, 2.05) is 12.2 Å². The lowest BCUT2D eigenvalue weighted by Gasteiger charge is -2.15. The standard InChI is InChI=1S/C20H19F2NO3/c1-2-26-19(24)8-5-9-23-12-16(13-6-3-4-7-13)14-10-17(21)18(22)11-15(14)20(23)25/h3,5-6,8,10-13H,2,4,7,9H2,1H3/b8-5+. The predicted octanol–water partition coefficient (Wildman–Crippen LogP) is 3.83. The van der Waals surface area contributed by atoms with Crippen LogP contribution in [-0.4, -0.2) is 17.1 Å². The predicted molar refractivity (Wildman–Crippen MR) is 95.0 cm³/mol. The van der Waals surface area contributed by atoms with Gasteiger partial charge in [-0.25, -0.2) is 13.6 Å². The van der Waals surface area contributed by atoms with E-state index >= 15 is 0 Å². The van der Waals surface area contributed by atoms with Crippen LogP contribution in [0.2, 0.25) is 0 Å². The molecule has 1 heterocycles. The number of aromatic nitrogens is 1. The molecule has 2 aromatic rings. The third-order valence-corrected chi connectivity index (χ3v) is 4.41. The SMILES string of the molecule is CCOC(=O)/C=C/Cn1cc(C2C=CCC2)c2cc(F)c(F)cc2c1=O. The van der Waals surface area contributed by atoms with Gasteiger partial charge >= 0.3 is 5.97 Å². The van der Waals surface area contributed by atoms with Crippen molar-refractivity contribution in [1.29, 1.82) is 0 Å². The molecule has 1 aliphatic carbocycles. The van der Waals surface area contributed by atoms with Crippen molar-refractivity contribution in [3.05, 3.63) is 70.2 Å². The van der Waals surface area contributed by atoms with Gasteiger partial charge in [0.05, 0.1) is 12.0 Å². The van der Waals surface area contributed by atoms with Gasteiger partial charge in [-0.1, -0.05) is 18.2 Å². The van der Waals surface area contributed by atoms with Gasteiger partial charge in [-0.15, -0.1) is 0 Å². The summed E-state index contributed by atoms with van der Waals surface area (Å²) in [7, 11) is 0. The molecule has 136 valence electrons. The van der Waals surface area contributed by atoms with Crippen LogP contribution in [0.1, 0.15) is 31.2 Å². The number of benzene rings is 1. The van der Waals surface area contributed by atoms with E-state index in [0.29, 0.717) is 5.39 Å². The summed E-state index contributed by atoms with van der Waals surface area (Å²) >= 11 is 0. The van der Waals surface area contributed by atoms with Crippen molar-refractivity contribution in [1.82, 2.24) is 4.57 Å². The topological polar surface area (TPSA) is 48.3 Å². The Bertz CT molecular complexity index is 960. The number of pyridine rings is 1. The van der Waals surface area contributed by atoms with E-state index in [1.165, 1.54) is 16.7 Å². The van der Waals surface area contributed by atoms with Crippen molar-refractivity contribution < 1.29 is 18.3 Å². The summed E-state index contributed by atoms with van der Waals surface area (Å²) in [5, 5.41) is 0.558. The van der Waals surface area contributed by atoms with Gasteiger partial charge in [0.1, 0.15) is 0 Å². The molecular weight excluding hydrogens is 340 g/mol. The maximum absolute atomic E-state index is 13.7. The van der Waals surface area contributed by atoms with Crippen molar-refractivity contribution in [2.24, 2.45) is 0 Å². The summed E-state index contributed by atoms with van der Waals surface area (Å²) in [6.07, 6.45) is 10.2. The third kappa shape index (κ3) is 3.59. The molecule has 26 heavy (non-hydrogen) atoms. The Morgan fingerprint density at radius 1 is 1.31 bits per heavy atom. The first kappa shape index (κ1) is 18.0. The molecule has 6 heteroatoms. The minimum absolute atomic E-state index is 0.0447. The van der Waals surface area contributed by atoms with Crippen molar-refractivity contribution in [3.8, 4) is 0 Å². The first-order chi connectivity index (χ1) is 12.5. The van der Waals surface area contributed by atoms with E-state index in [1.54, 1.807) is 13.1 Å². The van der Waals surface area contributed by atoms with Gasteiger partial charge < -0.3 is 9.30 Å². The lowest BCUT2D eigenvalue weighted by molar-refractivity contribution is -0.137. The van der Waals surface area contributed by atoms with Crippen molar-refractivity contribution in [2.45, 2.75) is 32.2 Å². The fraction of sp³-hybridized carbons (Fsp3) is 0.300. The molecule has 0 spiro atoms. The van der Waals surface area contributed by atoms with Crippen molar-refractivity contribution >= 4 is 16.7 Å². The van der Waals surface area contributed by atoms with Crippen LogP contribution in [0.5, 0.6) is 0 Å². The number of esters is 1. The number of fused-ring (bicyclic) bond motifs is 1. The molecule has 4 nitrogen and oxygen atoms in total. The summed E-state index contributed by atoms with van der Waals surface area (Å²) in [4.78, 5) is 24.1. The average Bonchev–Trinajstić information content (AvgIpc) is 3.13. The minimum atomic E-state index is -1.05. The molecule has 1 atom stereocenters. The largest absolute Gasteiger partial charge is 0.463 e. The van der Waals surface area contributed by atoms with E-state index in [0.717, 1.165) is 30.5 Å². The number of carbonyl (C=O) groups is 1. The van der Waals surface area contributed by atoms with Gasteiger partial charge in [-0.2, -0.15) is 0 Å². The molecule has 0 saturated heterocycles. The highest BCUT2D eigenvalue weighted by Gasteiger charge is 2.19. The summed E-state index contributed by atoms with van der Waals surface area (Å²) in [5.74, 6) is -2.47. The summed E-state index contributed by atoms with van der Waals surface area (Å²) in [5.41, 5.74) is 0.343. The van der Waals surface area contributed by atoms with Gasteiger partial charge in [0.25, 0.3) is 5.56 Å². The second-order valence-corrected chi connectivity index (χ2v) is 6.12. The maximum Gasteiger partial charge on any atom is 0.330 e. The third-order valence-electron chi connectivity index (χ3n) is 4.41. The highest BCUT2D eigenvalue weighted by molar-refractivity contribution is 5.86. The van der Waals surface area contributed by atoms with E-state index < -0.39 is 23.2 Å². The van der Waals surface area contributed by atoms with E-state index in [2.05, 4.69) is 0 Å². The van der Waals surface area contributed by atoms with Crippen LogP contribution in [-0.2, 0) is 16.1 Å². The Balaban J connectivity index is 2.07. The molecule has 1 aromatic heterocycles. The number of hydrogen-bond donors (Lipinski definition) is 0. The first-order valence-corrected chi connectivity index (χ1v) is 8.53. The zero-order valence-corrected chi connectivity index (χ0v) is 14.4. The number of rotatable bonds is 5. The quantitative estimate of drug-likeness (QED) is 0.463. The molecule has 1 aliphatic rings. The molecule has 0 amide bonds. The first-order valence-electron chi connectivity index (χ1n) is 8.53. The zero-order chi connectivity index (χ0) is 18.7. The van der Waals surface area contributed by atoms with Crippen LogP contribution in [0.3, 0.4) is 0 Å². The molecule has 1 aromatic carbocycles. The molecule has 3 rings (SSSR count). The van der Waals surface area contributed by atoms with Gasteiger partial charge in [0.2, 0.25) is 0 Å². The molecule has 0 bridgehead atoms. The van der Waals surface area contributed by atoms with Gasteiger partial charge in [-0.3, -0.25) is 4.79 Å². The van der Waals surface area contributed by atoms with Crippen LogP contribution < -0.4 is 5.56 Å². The van der Waals surface area contributed by atoms with Gasteiger partial charge in [0.15, 0.2) is 11.6 Å². The Labute approximate surface area is 149 Å². The van der Waals surface area contributed by atoms with Crippen molar-refractivity contribution in [3.63, 3.8) is 0 Å². The number of hydrogen-bond acceptors (Lipinski definition) is 3. The van der Waals surface area contributed by atoms with Gasteiger partial charge in [-0.05, 0) is 42.8 Å². The Kier molecular flexibility index (Phi) is 5.30. The Morgan fingerprint density at radius 3 is 2.69 bits per heavy atom. The molecule has 0 aliphatic heterocycles. The summed E-state index contributed by atoms with van der Waals surface area (Å²) in [6.45, 7) is 2.10. The normalized spacial score (nSPS) is 16.7. The highest BCUT2D eigenvalue weighted by atomic mass is 19.2. The fourth-order valence-electron chi connectivity index (χ4n) is 3.19. The number of ether oxygens (including phenoxy) is 1. The van der Waals surface area contributed by atoms with E-state index in [9.17, 15) is 18.4 Å². The molecule has 0 N–H and O–H groups in total. The lowest BCUT2D eigenvalue weighted by atomic mass is 9.94. The molecule has 0 radical (unpaired) electrons. The second-order valence-electron chi connectivity index (χ2n) is 6.12. The minimum Gasteiger partial charge on any atom is -0.463 e. The number of carbonyl (C=O) groups excluding carboxylic acids is 1. The van der Waals surface area contributed by atoms with Crippen LogP contribution in [0, 0.1) is 11.6 Å². The average molecular weight is 359 g/mol. The highest BCUT2D eigenvalue weighted by Crippen LogP contribution is 2.33. The zero-order valence-electron chi connectivity index (χ0n) is 14.4. The Hall–Kier alpha value is -2.76. The summed E-state index contributed by atoms with van der Waals surface area (Å²) < 4.78 is 33.6. The van der Waals surface area contributed by atoms with Crippen LogP contribution in [0.4, 0.5) is 8.78 Å². The lowest BCUT2D eigenvalue weighted by Crippen LogP contribution is -2.21.